The van der Waals surface area contributed by atoms with Crippen molar-refractivity contribution in [1.82, 2.24) is 0 Å². The van der Waals surface area contributed by atoms with E-state index in [1.54, 1.807) is 0 Å². The van der Waals surface area contributed by atoms with E-state index < -0.39 is 0 Å². The maximum absolute atomic E-state index is 12.2. The normalized spacial score (nSPS) is 41.7. The average molecular weight is 509 g/mol. The third-order valence-corrected chi connectivity index (χ3v) is 12.6. The molecule has 1 heterocycles. The Bertz CT molecular complexity index is 1210. The van der Waals surface area contributed by atoms with Gasteiger partial charge in [0.05, 0.1) is 5.60 Å². The first-order valence-electron chi connectivity index (χ1n) is 15.3. The minimum atomic E-state index is -0.366. The molecule has 0 radical (unpaired) electrons. The summed E-state index contributed by atoms with van der Waals surface area (Å²) in [6.07, 6.45) is 13.7. The van der Waals surface area contributed by atoms with Gasteiger partial charge in [-0.05, 0) is 116 Å². The predicted octanol–water partition coefficient (Wildman–Crippen LogP) is 8.65. The fourth-order valence-corrected chi connectivity index (χ4v) is 10.7. The highest BCUT2D eigenvalue weighted by Crippen LogP contribution is 2.69. The lowest BCUT2D eigenvalue weighted by Crippen LogP contribution is -2.53. The predicted molar refractivity (Wildman–Crippen MR) is 153 cm³/mol. The molecule has 4 unspecified atom stereocenters. The highest BCUT2D eigenvalue weighted by molar-refractivity contribution is 5.91. The van der Waals surface area contributed by atoms with Crippen LogP contribution in [0.1, 0.15) is 96.1 Å². The molecule has 0 spiro atoms. The van der Waals surface area contributed by atoms with Crippen LogP contribution in [0.2, 0.25) is 0 Å². The number of fused-ring (bicyclic) bond motifs is 5. The second-order valence-corrected chi connectivity index (χ2v) is 14.1. The molecule has 4 fully saturated rings. The molecule has 5 aliphatic rings. The Morgan fingerprint density at radius 2 is 1.39 bits per heavy atom. The van der Waals surface area contributed by atoms with Crippen LogP contribution in [0.25, 0.3) is 0 Å². The standard InChI is InChI=1S/C36H44O2/c1-33-20-18-28(37)24-27(33)14-15-29-30-16-17-32(34(30,2)21-19-31(29)33)35(3)22-23-36(38-35,25-10-6-4-7-11-25)26-12-8-5-9-13-26/h4-13,24,29-32H,14-23H2,1-3H3/t29?,30?,31?,32?,33-,34-,35+/m0/s1. The van der Waals surface area contributed by atoms with Crippen molar-refractivity contribution in [2.45, 2.75) is 96.2 Å². The minimum Gasteiger partial charge on any atom is -0.359 e. The average Bonchev–Trinajstić information content (AvgIpc) is 3.49. The number of rotatable bonds is 3. The van der Waals surface area contributed by atoms with Crippen molar-refractivity contribution >= 4 is 5.78 Å². The van der Waals surface area contributed by atoms with Crippen molar-refractivity contribution in [3.63, 3.8) is 0 Å². The Morgan fingerprint density at radius 3 is 2.08 bits per heavy atom. The lowest BCUT2D eigenvalue weighted by molar-refractivity contribution is -0.150. The first-order chi connectivity index (χ1) is 18.3. The fraction of sp³-hybridized carbons (Fsp3) is 0.583. The molecule has 1 saturated heterocycles. The van der Waals surface area contributed by atoms with Gasteiger partial charge >= 0.3 is 0 Å². The van der Waals surface area contributed by atoms with Crippen molar-refractivity contribution in [2.75, 3.05) is 0 Å². The number of carbonyl (C=O) groups excluding carboxylic acids is 1. The van der Waals surface area contributed by atoms with Gasteiger partial charge in [-0.25, -0.2) is 0 Å². The van der Waals surface area contributed by atoms with E-state index >= 15 is 0 Å². The molecule has 7 atom stereocenters. The van der Waals surface area contributed by atoms with Crippen LogP contribution < -0.4 is 0 Å². The molecular formula is C36H44O2. The first kappa shape index (κ1) is 24.8. The number of ether oxygens (including phenoxy) is 1. The molecule has 200 valence electrons. The molecule has 38 heavy (non-hydrogen) atoms. The molecule has 0 bridgehead atoms. The summed E-state index contributed by atoms with van der Waals surface area (Å²) in [5.41, 5.74) is 4.17. The SMILES string of the molecule is C[C@]12CCC3C(CCC4=CC(=O)CC[C@@]43C)C1CCC2[C@@]1(C)CCC(c2ccccc2)(c2ccccc2)O1. The van der Waals surface area contributed by atoms with E-state index in [2.05, 4.69) is 81.4 Å². The number of ketones is 1. The molecular weight excluding hydrogens is 464 g/mol. The largest absolute Gasteiger partial charge is 0.359 e. The number of allylic oxidation sites excluding steroid dienone is 1. The van der Waals surface area contributed by atoms with Crippen molar-refractivity contribution in [2.24, 2.45) is 34.5 Å². The van der Waals surface area contributed by atoms with Crippen molar-refractivity contribution in [1.29, 1.82) is 0 Å². The smallest absolute Gasteiger partial charge is 0.155 e. The Morgan fingerprint density at radius 1 is 0.711 bits per heavy atom. The second kappa shape index (κ2) is 8.65. The van der Waals surface area contributed by atoms with Crippen molar-refractivity contribution < 1.29 is 9.53 Å². The summed E-state index contributed by atoms with van der Waals surface area (Å²) in [5, 5.41) is 0. The third kappa shape index (κ3) is 3.44. The van der Waals surface area contributed by atoms with E-state index in [4.69, 9.17) is 4.74 Å². The lowest BCUT2D eigenvalue weighted by Gasteiger charge is -2.59. The van der Waals surface area contributed by atoms with E-state index in [9.17, 15) is 4.79 Å². The quantitative estimate of drug-likeness (QED) is 0.415. The highest BCUT2D eigenvalue weighted by atomic mass is 16.5. The molecule has 7 rings (SSSR count). The Kier molecular flexibility index (Phi) is 5.65. The number of benzene rings is 2. The van der Waals surface area contributed by atoms with Crippen LogP contribution in [0, 0.1) is 34.5 Å². The Balaban J connectivity index is 1.21. The van der Waals surface area contributed by atoms with Gasteiger partial charge < -0.3 is 4.74 Å². The zero-order valence-corrected chi connectivity index (χ0v) is 23.5. The van der Waals surface area contributed by atoms with Crippen LogP contribution in [0.15, 0.2) is 72.3 Å². The molecule has 2 aromatic carbocycles. The zero-order chi connectivity index (χ0) is 26.2. The Labute approximate surface area is 229 Å². The number of carbonyl (C=O) groups is 1. The lowest BCUT2D eigenvalue weighted by atomic mass is 9.46. The fourth-order valence-electron chi connectivity index (χ4n) is 10.7. The molecule has 4 aliphatic carbocycles. The molecule has 2 nitrogen and oxygen atoms in total. The minimum absolute atomic E-state index is 0.122. The molecule has 1 aliphatic heterocycles. The summed E-state index contributed by atoms with van der Waals surface area (Å²) in [7, 11) is 0. The van der Waals surface area contributed by atoms with Crippen LogP contribution in [-0.2, 0) is 15.1 Å². The van der Waals surface area contributed by atoms with Gasteiger partial charge in [-0.15, -0.1) is 0 Å². The van der Waals surface area contributed by atoms with Gasteiger partial charge in [-0.1, -0.05) is 80.1 Å². The monoisotopic (exact) mass is 508 g/mol. The third-order valence-electron chi connectivity index (χ3n) is 12.6. The maximum atomic E-state index is 12.2. The molecule has 2 aromatic rings. The number of hydrogen-bond acceptors (Lipinski definition) is 2. The van der Waals surface area contributed by atoms with Crippen LogP contribution in [0.4, 0.5) is 0 Å². The van der Waals surface area contributed by atoms with Gasteiger partial charge in [0.2, 0.25) is 0 Å². The van der Waals surface area contributed by atoms with E-state index in [1.165, 1.54) is 48.8 Å². The summed E-state index contributed by atoms with van der Waals surface area (Å²) in [6.45, 7) is 7.61. The van der Waals surface area contributed by atoms with E-state index in [1.807, 2.05) is 6.08 Å². The van der Waals surface area contributed by atoms with Gasteiger partial charge in [0, 0.05) is 6.42 Å². The molecule has 0 aromatic heterocycles. The van der Waals surface area contributed by atoms with Crippen molar-refractivity contribution in [3.8, 4) is 0 Å². The molecule has 2 heteroatoms. The van der Waals surface area contributed by atoms with Gasteiger partial charge in [-0.3, -0.25) is 4.79 Å². The Hall–Kier alpha value is -2.19. The summed E-state index contributed by atoms with van der Waals surface area (Å²) in [6, 6.07) is 22.0. The topological polar surface area (TPSA) is 26.3 Å². The van der Waals surface area contributed by atoms with E-state index in [-0.39, 0.29) is 16.6 Å². The van der Waals surface area contributed by atoms with Gasteiger partial charge in [0.1, 0.15) is 5.60 Å². The molecule has 0 amide bonds. The first-order valence-corrected chi connectivity index (χ1v) is 15.3. The van der Waals surface area contributed by atoms with Gasteiger partial charge in [-0.2, -0.15) is 0 Å². The van der Waals surface area contributed by atoms with Crippen LogP contribution in [0.3, 0.4) is 0 Å². The zero-order valence-electron chi connectivity index (χ0n) is 23.5. The van der Waals surface area contributed by atoms with Crippen LogP contribution in [0.5, 0.6) is 0 Å². The molecule has 3 saturated carbocycles. The van der Waals surface area contributed by atoms with Gasteiger partial charge in [0.15, 0.2) is 5.78 Å². The van der Waals surface area contributed by atoms with Crippen LogP contribution >= 0.6 is 0 Å². The van der Waals surface area contributed by atoms with Gasteiger partial charge in [0.25, 0.3) is 0 Å². The summed E-state index contributed by atoms with van der Waals surface area (Å²) < 4.78 is 7.51. The highest BCUT2D eigenvalue weighted by Gasteiger charge is 2.64. The number of hydrogen-bond donors (Lipinski definition) is 0. The summed E-state index contributed by atoms with van der Waals surface area (Å²) in [5.74, 6) is 3.28. The molecule has 0 N–H and O–H groups in total. The van der Waals surface area contributed by atoms with E-state index in [0.717, 1.165) is 49.9 Å². The van der Waals surface area contributed by atoms with Crippen molar-refractivity contribution in [3.05, 3.63) is 83.4 Å². The summed E-state index contributed by atoms with van der Waals surface area (Å²) >= 11 is 0. The second-order valence-electron chi connectivity index (χ2n) is 14.1. The maximum Gasteiger partial charge on any atom is 0.155 e. The van der Waals surface area contributed by atoms with Crippen LogP contribution in [-0.4, -0.2) is 11.4 Å². The summed E-state index contributed by atoms with van der Waals surface area (Å²) in [4.78, 5) is 12.2. The van der Waals surface area contributed by atoms with E-state index in [0.29, 0.717) is 17.1 Å².